The van der Waals surface area contributed by atoms with E-state index in [0.29, 0.717) is 23.5 Å². The maximum Gasteiger partial charge on any atom is 0.279 e. The number of rotatable bonds is 8. The molecule has 0 saturated carbocycles. The lowest BCUT2D eigenvalue weighted by atomic mass is 10.1. The van der Waals surface area contributed by atoms with Gasteiger partial charge >= 0.3 is 0 Å². The Bertz CT molecular complexity index is 971. The molecule has 0 aliphatic carbocycles. The molecule has 0 spiro atoms. The molecule has 3 aromatic rings. The molecule has 0 bridgehead atoms. The first kappa shape index (κ1) is 21.1. The lowest BCUT2D eigenvalue weighted by Gasteiger charge is -2.11. The van der Waals surface area contributed by atoms with Crippen LogP contribution in [0, 0.1) is 0 Å². The van der Waals surface area contributed by atoms with Gasteiger partial charge in [-0.2, -0.15) is 0 Å². The van der Waals surface area contributed by atoms with Crippen LogP contribution in [0.15, 0.2) is 78.9 Å². The number of amides is 2. The Labute approximate surface area is 176 Å². The first-order valence-electron chi connectivity index (χ1n) is 9.79. The number of carbonyl (C=O) groups is 2. The van der Waals surface area contributed by atoms with Crippen LogP contribution in [0.2, 0.25) is 0 Å². The molecular formula is C24H26N3O3+. The van der Waals surface area contributed by atoms with Crippen LogP contribution in [0.1, 0.15) is 28.9 Å². The molecule has 0 aliphatic rings. The van der Waals surface area contributed by atoms with Crippen molar-refractivity contribution in [3.05, 3.63) is 90.0 Å². The Morgan fingerprint density at radius 2 is 1.47 bits per heavy atom. The number of carbonyl (C=O) groups excluding carboxylic acids is 2. The standard InChI is InChI=1S/C24H25N3O3/c1-17(18-6-4-3-5-7-18)25-16-23(28)26-20-10-8-19(9-11-20)24(29)27-21-12-14-22(30-2)15-13-21/h3-15,17,25H,16H2,1-2H3,(H,26,28)(H,27,29)/p+1/t17-/m0/s1. The van der Waals surface area contributed by atoms with Crippen molar-refractivity contribution in [2.24, 2.45) is 0 Å². The third kappa shape index (κ3) is 5.93. The molecule has 0 saturated heterocycles. The predicted octanol–water partition coefficient (Wildman–Crippen LogP) is 3.21. The van der Waals surface area contributed by atoms with Crippen molar-refractivity contribution in [2.75, 3.05) is 24.3 Å². The summed E-state index contributed by atoms with van der Waals surface area (Å²) in [6, 6.07) is 24.2. The van der Waals surface area contributed by atoms with E-state index in [1.807, 2.05) is 23.5 Å². The fourth-order valence-corrected chi connectivity index (χ4v) is 2.97. The molecule has 0 aromatic heterocycles. The molecule has 0 fully saturated rings. The summed E-state index contributed by atoms with van der Waals surface area (Å²) in [5, 5.41) is 7.68. The van der Waals surface area contributed by atoms with E-state index in [0.717, 1.165) is 5.75 Å². The molecule has 30 heavy (non-hydrogen) atoms. The molecule has 0 heterocycles. The van der Waals surface area contributed by atoms with Crippen LogP contribution in [-0.2, 0) is 4.79 Å². The van der Waals surface area contributed by atoms with Gasteiger partial charge in [0.2, 0.25) is 0 Å². The minimum absolute atomic E-state index is 0.0896. The molecule has 2 amide bonds. The highest BCUT2D eigenvalue weighted by Crippen LogP contribution is 2.17. The molecule has 6 nitrogen and oxygen atoms in total. The highest BCUT2D eigenvalue weighted by molar-refractivity contribution is 6.04. The van der Waals surface area contributed by atoms with Gasteiger partial charge < -0.3 is 20.7 Å². The highest BCUT2D eigenvalue weighted by atomic mass is 16.5. The number of quaternary nitrogens is 1. The number of methoxy groups -OCH3 is 1. The number of nitrogens with one attached hydrogen (secondary N) is 2. The molecule has 3 rings (SSSR count). The van der Waals surface area contributed by atoms with Gasteiger partial charge in [0.15, 0.2) is 6.54 Å². The fourth-order valence-electron chi connectivity index (χ4n) is 2.97. The fraction of sp³-hybridized carbons (Fsp3) is 0.167. The van der Waals surface area contributed by atoms with Crippen molar-refractivity contribution in [3.8, 4) is 5.75 Å². The molecule has 0 aliphatic heterocycles. The van der Waals surface area contributed by atoms with Crippen molar-refractivity contribution >= 4 is 23.2 Å². The Balaban J connectivity index is 1.49. The lowest BCUT2D eigenvalue weighted by Crippen LogP contribution is -2.86. The van der Waals surface area contributed by atoms with Crippen LogP contribution in [0.5, 0.6) is 5.75 Å². The first-order valence-corrected chi connectivity index (χ1v) is 9.79. The van der Waals surface area contributed by atoms with E-state index in [2.05, 4.69) is 29.7 Å². The van der Waals surface area contributed by atoms with Gasteiger partial charge in [0, 0.05) is 22.5 Å². The van der Waals surface area contributed by atoms with E-state index in [4.69, 9.17) is 4.74 Å². The number of hydrogen-bond acceptors (Lipinski definition) is 3. The number of nitrogens with two attached hydrogens (primary N) is 1. The number of anilines is 2. The van der Waals surface area contributed by atoms with Gasteiger partial charge in [-0.1, -0.05) is 30.3 Å². The van der Waals surface area contributed by atoms with E-state index in [-0.39, 0.29) is 17.9 Å². The zero-order valence-corrected chi connectivity index (χ0v) is 17.1. The van der Waals surface area contributed by atoms with E-state index in [1.165, 1.54) is 5.56 Å². The lowest BCUT2D eigenvalue weighted by molar-refractivity contribution is -0.682. The SMILES string of the molecule is COc1ccc(NC(=O)c2ccc(NC(=O)C[NH2+][C@@H](C)c3ccccc3)cc2)cc1. The van der Waals surface area contributed by atoms with Crippen LogP contribution in [0.25, 0.3) is 0 Å². The minimum Gasteiger partial charge on any atom is -0.497 e. The Morgan fingerprint density at radius 3 is 2.10 bits per heavy atom. The summed E-state index contributed by atoms with van der Waals surface area (Å²) in [5.41, 5.74) is 3.02. The van der Waals surface area contributed by atoms with Gasteiger partial charge in [0.05, 0.1) is 7.11 Å². The van der Waals surface area contributed by atoms with Crippen LogP contribution in [0.3, 0.4) is 0 Å². The first-order chi connectivity index (χ1) is 14.5. The summed E-state index contributed by atoms with van der Waals surface area (Å²) in [5.74, 6) is 0.416. The molecule has 4 N–H and O–H groups in total. The van der Waals surface area contributed by atoms with E-state index < -0.39 is 0 Å². The monoisotopic (exact) mass is 404 g/mol. The van der Waals surface area contributed by atoms with Crippen molar-refractivity contribution in [1.82, 2.24) is 0 Å². The third-order valence-electron chi connectivity index (χ3n) is 4.76. The van der Waals surface area contributed by atoms with E-state index in [9.17, 15) is 9.59 Å². The topological polar surface area (TPSA) is 84.0 Å². The van der Waals surface area contributed by atoms with Crippen LogP contribution < -0.4 is 20.7 Å². The molecule has 0 unspecified atom stereocenters. The van der Waals surface area contributed by atoms with Crippen LogP contribution in [-0.4, -0.2) is 25.5 Å². The van der Waals surface area contributed by atoms with Gasteiger partial charge in [-0.25, -0.2) is 0 Å². The smallest absolute Gasteiger partial charge is 0.279 e. The van der Waals surface area contributed by atoms with Gasteiger partial charge in [0.1, 0.15) is 11.8 Å². The van der Waals surface area contributed by atoms with Gasteiger partial charge in [-0.05, 0) is 55.5 Å². The quantitative estimate of drug-likeness (QED) is 0.539. The largest absolute Gasteiger partial charge is 0.497 e. The van der Waals surface area contributed by atoms with Gasteiger partial charge in [-0.15, -0.1) is 0 Å². The second kappa shape index (κ2) is 10.2. The minimum atomic E-state index is -0.219. The summed E-state index contributed by atoms with van der Waals surface area (Å²) >= 11 is 0. The normalized spacial score (nSPS) is 11.4. The molecular weight excluding hydrogens is 378 g/mol. The Hall–Kier alpha value is -3.64. The summed E-state index contributed by atoms with van der Waals surface area (Å²) in [4.78, 5) is 24.6. The Kier molecular flexibility index (Phi) is 7.19. The summed E-state index contributed by atoms with van der Waals surface area (Å²) in [6.45, 7) is 2.38. The molecule has 0 radical (unpaired) electrons. The van der Waals surface area contributed by atoms with Gasteiger partial charge in [-0.3, -0.25) is 9.59 Å². The van der Waals surface area contributed by atoms with E-state index >= 15 is 0 Å². The molecule has 3 aromatic carbocycles. The van der Waals surface area contributed by atoms with Crippen molar-refractivity contribution in [3.63, 3.8) is 0 Å². The summed E-state index contributed by atoms with van der Waals surface area (Å²) in [6.07, 6.45) is 0. The molecule has 1 atom stereocenters. The summed E-state index contributed by atoms with van der Waals surface area (Å²) < 4.78 is 5.11. The average molecular weight is 404 g/mol. The van der Waals surface area contributed by atoms with E-state index in [1.54, 1.807) is 55.6 Å². The van der Waals surface area contributed by atoms with Crippen LogP contribution >= 0.6 is 0 Å². The molecule has 6 heteroatoms. The molecule has 154 valence electrons. The second-order valence-electron chi connectivity index (χ2n) is 6.95. The van der Waals surface area contributed by atoms with Gasteiger partial charge in [0.25, 0.3) is 11.8 Å². The maximum absolute atomic E-state index is 12.4. The summed E-state index contributed by atoms with van der Waals surface area (Å²) in [7, 11) is 1.59. The average Bonchev–Trinajstić information content (AvgIpc) is 2.79. The number of ether oxygens (including phenoxy) is 1. The predicted molar refractivity (Wildman–Crippen MR) is 118 cm³/mol. The van der Waals surface area contributed by atoms with Crippen molar-refractivity contribution in [2.45, 2.75) is 13.0 Å². The number of benzene rings is 3. The highest BCUT2D eigenvalue weighted by Gasteiger charge is 2.12. The third-order valence-corrected chi connectivity index (χ3v) is 4.76. The van der Waals surface area contributed by atoms with Crippen molar-refractivity contribution in [1.29, 1.82) is 0 Å². The Morgan fingerprint density at radius 1 is 0.867 bits per heavy atom. The zero-order chi connectivity index (χ0) is 21.3. The van der Waals surface area contributed by atoms with Crippen molar-refractivity contribution < 1.29 is 19.6 Å². The zero-order valence-electron chi connectivity index (χ0n) is 17.1. The number of hydrogen-bond donors (Lipinski definition) is 3. The second-order valence-corrected chi connectivity index (χ2v) is 6.95. The maximum atomic E-state index is 12.4. The van der Waals surface area contributed by atoms with Crippen LogP contribution in [0.4, 0.5) is 11.4 Å².